The summed E-state index contributed by atoms with van der Waals surface area (Å²) in [6.45, 7) is 3.63. The molecule has 10 nitrogen and oxygen atoms in total. The minimum Gasteiger partial charge on any atom is -0.470 e. The third kappa shape index (κ3) is 4.35. The van der Waals surface area contributed by atoms with Crippen LogP contribution in [-0.2, 0) is 14.3 Å². The topological polar surface area (TPSA) is 94.8 Å². The molecule has 12 heteroatoms. The molecule has 0 N–H and O–H groups in total. The van der Waals surface area contributed by atoms with Crippen LogP contribution in [0.15, 0.2) is 30.3 Å². The summed E-state index contributed by atoms with van der Waals surface area (Å²) in [6.07, 6.45) is -1.80. The van der Waals surface area contributed by atoms with E-state index in [-0.39, 0.29) is 29.8 Å². The van der Waals surface area contributed by atoms with E-state index in [1.165, 1.54) is 4.57 Å². The first-order valence-corrected chi connectivity index (χ1v) is 12.1. The summed E-state index contributed by atoms with van der Waals surface area (Å²) >= 11 is 0. The zero-order valence-electron chi connectivity index (χ0n) is 19.6. The first kappa shape index (κ1) is 23.0. The lowest BCUT2D eigenvalue weighted by atomic mass is 10.1. The summed E-state index contributed by atoms with van der Waals surface area (Å²) in [6, 6.07) is 8.49. The number of nitrogens with zero attached hydrogens (tertiary/aromatic N) is 6. The van der Waals surface area contributed by atoms with Gasteiger partial charge in [-0.15, -0.1) is 0 Å². The van der Waals surface area contributed by atoms with Gasteiger partial charge in [0.25, 0.3) is 12.3 Å². The number of benzene rings is 1. The third-order valence-corrected chi connectivity index (χ3v) is 6.63. The monoisotopic (exact) mass is 500 g/mol. The predicted octanol–water partition coefficient (Wildman–Crippen LogP) is 2.36. The van der Waals surface area contributed by atoms with E-state index >= 15 is 0 Å². The lowest BCUT2D eigenvalue weighted by Gasteiger charge is -2.39. The van der Waals surface area contributed by atoms with E-state index < -0.39 is 12.2 Å². The number of rotatable bonds is 6. The Balaban J connectivity index is 1.31. The minimum atomic E-state index is -2.80. The van der Waals surface area contributed by atoms with Crippen molar-refractivity contribution in [1.82, 2.24) is 24.4 Å². The van der Waals surface area contributed by atoms with Crippen molar-refractivity contribution in [3.8, 4) is 11.7 Å². The molecule has 0 bridgehead atoms. The van der Waals surface area contributed by atoms with Crippen LogP contribution in [0.3, 0.4) is 0 Å². The summed E-state index contributed by atoms with van der Waals surface area (Å²) in [5, 5.41) is 0. The van der Waals surface area contributed by atoms with Crippen molar-refractivity contribution in [2.75, 3.05) is 50.9 Å². The van der Waals surface area contributed by atoms with Gasteiger partial charge in [-0.05, 0) is 25.0 Å². The zero-order chi connectivity index (χ0) is 24.6. The summed E-state index contributed by atoms with van der Waals surface area (Å²) in [5.74, 6) is 0.461. The third-order valence-electron chi connectivity index (χ3n) is 6.63. The second-order valence-corrected chi connectivity index (χ2v) is 9.04. The smallest absolute Gasteiger partial charge is 0.296 e. The summed E-state index contributed by atoms with van der Waals surface area (Å²) in [7, 11) is 0. The van der Waals surface area contributed by atoms with Crippen molar-refractivity contribution < 1.29 is 27.8 Å². The Labute approximate surface area is 205 Å². The van der Waals surface area contributed by atoms with Gasteiger partial charge < -0.3 is 24.0 Å². The summed E-state index contributed by atoms with van der Waals surface area (Å²) in [4.78, 5) is 29.5. The zero-order valence-corrected chi connectivity index (χ0v) is 19.6. The number of carbonyl (C=O) groups excluding carboxylic acids is 1. The van der Waals surface area contributed by atoms with Gasteiger partial charge in [-0.3, -0.25) is 9.36 Å². The van der Waals surface area contributed by atoms with Crippen molar-refractivity contribution in [1.29, 1.82) is 0 Å². The minimum absolute atomic E-state index is 0.0174. The van der Waals surface area contributed by atoms with Crippen LogP contribution in [0.25, 0.3) is 16.9 Å². The Kier molecular flexibility index (Phi) is 6.13. The van der Waals surface area contributed by atoms with Gasteiger partial charge in [-0.25, -0.2) is 13.8 Å². The normalized spacial score (nSPS) is 20.8. The van der Waals surface area contributed by atoms with E-state index in [9.17, 15) is 13.6 Å². The number of morpholine rings is 1. The van der Waals surface area contributed by atoms with E-state index in [0.29, 0.717) is 63.0 Å². The Morgan fingerprint density at radius 2 is 1.89 bits per heavy atom. The van der Waals surface area contributed by atoms with E-state index in [0.717, 1.165) is 12.8 Å². The van der Waals surface area contributed by atoms with Crippen LogP contribution in [0.2, 0.25) is 0 Å². The number of likely N-dealkylation sites (tertiary alicyclic amines) is 1. The number of hydrogen-bond donors (Lipinski definition) is 0. The first-order valence-electron chi connectivity index (χ1n) is 12.1. The van der Waals surface area contributed by atoms with Crippen molar-refractivity contribution >= 4 is 22.9 Å². The highest BCUT2D eigenvalue weighted by molar-refractivity contribution is 5.82. The van der Waals surface area contributed by atoms with Crippen LogP contribution in [0.4, 0.5) is 14.7 Å². The molecule has 1 aromatic carbocycles. The van der Waals surface area contributed by atoms with Gasteiger partial charge in [-0.2, -0.15) is 9.97 Å². The van der Waals surface area contributed by atoms with E-state index in [1.807, 2.05) is 4.90 Å². The Morgan fingerprint density at radius 3 is 2.64 bits per heavy atom. The molecule has 3 fully saturated rings. The predicted molar refractivity (Wildman–Crippen MR) is 125 cm³/mol. The van der Waals surface area contributed by atoms with Crippen LogP contribution in [0, 0.1) is 0 Å². The lowest BCUT2D eigenvalue weighted by molar-refractivity contribution is -0.149. The average molecular weight is 501 g/mol. The molecule has 3 aliphatic rings. The number of ether oxygens (including phenoxy) is 3. The number of hydrogen-bond acceptors (Lipinski definition) is 8. The highest BCUT2D eigenvalue weighted by Gasteiger charge is 2.38. The molecule has 0 aliphatic carbocycles. The number of halogens is 2. The number of anilines is 1. The van der Waals surface area contributed by atoms with Crippen molar-refractivity contribution in [3.05, 3.63) is 36.2 Å². The highest BCUT2D eigenvalue weighted by Crippen LogP contribution is 2.30. The largest absolute Gasteiger partial charge is 0.470 e. The fraction of sp³-hybridized carbons (Fsp3) is 0.500. The van der Waals surface area contributed by atoms with Gasteiger partial charge in [0.05, 0.1) is 37.3 Å². The van der Waals surface area contributed by atoms with E-state index in [2.05, 4.69) is 15.0 Å². The molecule has 3 saturated heterocycles. The molecular formula is C24H26F2N6O4. The maximum absolute atomic E-state index is 14.0. The van der Waals surface area contributed by atoms with E-state index in [1.54, 1.807) is 35.2 Å². The Morgan fingerprint density at radius 1 is 1.08 bits per heavy atom. The van der Waals surface area contributed by atoms with Crippen molar-refractivity contribution in [2.24, 2.45) is 0 Å². The fourth-order valence-corrected chi connectivity index (χ4v) is 4.75. The van der Waals surface area contributed by atoms with Gasteiger partial charge in [0.15, 0.2) is 5.82 Å². The summed E-state index contributed by atoms with van der Waals surface area (Å²) in [5.41, 5.74) is 0.964. The van der Waals surface area contributed by atoms with Crippen LogP contribution >= 0.6 is 0 Å². The highest BCUT2D eigenvalue weighted by atomic mass is 19.3. The quantitative estimate of drug-likeness (QED) is 0.509. The van der Waals surface area contributed by atoms with Gasteiger partial charge in [-0.1, -0.05) is 12.1 Å². The van der Waals surface area contributed by atoms with Crippen LogP contribution in [0.5, 0.6) is 5.88 Å². The SMILES string of the molecule is O=C([C@H]1CCCO1)N1CC(Oc2cc(-n3c(C(F)F)nc4ccccc43)nc(N3CCOCC3)n2)C1. The average Bonchev–Trinajstić information content (AvgIpc) is 3.54. The fourth-order valence-electron chi connectivity index (χ4n) is 4.75. The number of carbonyl (C=O) groups is 1. The number of imidazole rings is 1. The molecule has 0 spiro atoms. The van der Waals surface area contributed by atoms with Crippen LogP contribution in [-0.4, -0.2) is 88.5 Å². The Hall–Kier alpha value is -3.38. The van der Waals surface area contributed by atoms with Gasteiger partial charge in [0.1, 0.15) is 18.0 Å². The maximum Gasteiger partial charge on any atom is 0.296 e. The molecule has 1 atom stereocenters. The number of amides is 1. The van der Waals surface area contributed by atoms with Gasteiger partial charge >= 0.3 is 0 Å². The second kappa shape index (κ2) is 9.58. The number of aromatic nitrogens is 4. The molecule has 0 unspecified atom stereocenters. The van der Waals surface area contributed by atoms with Crippen molar-refractivity contribution in [2.45, 2.75) is 31.5 Å². The number of fused-ring (bicyclic) bond motifs is 1. The standard InChI is InChI=1S/C24H26F2N6O4/c25-21(26)22-27-16-4-1-2-5-17(16)32(22)19-12-20(29-24(28-19)30-7-10-34-11-8-30)36-15-13-31(14-15)23(33)18-6-3-9-35-18/h1-2,4-5,12,15,18,21H,3,6-11,13-14H2/t18-/m1/s1. The molecule has 2 aromatic heterocycles. The maximum atomic E-state index is 14.0. The van der Waals surface area contributed by atoms with Crippen molar-refractivity contribution in [3.63, 3.8) is 0 Å². The molecule has 6 rings (SSSR count). The lowest BCUT2D eigenvalue weighted by Crippen LogP contribution is -2.58. The van der Waals surface area contributed by atoms with E-state index in [4.69, 9.17) is 14.2 Å². The molecular weight excluding hydrogens is 474 g/mol. The Bertz CT molecular complexity index is 1250. The molecule has 36 heavy (non-hydrogen) atoms. The van der Waals surface area contributed by atoms with Gasteiger partial charge in [0.2, 0.25) is 11.8 Å². The van der Waals surface area contributed by atoms with Crippen LogP contribution < -0.4 is 9.64 Å². The number of alkyl halides is 2. The first-order chi connectivity index (χ1) is 17.6. The number of para-hydroxylation sites is 2. The van der Waals surface area contributed by atoms with Crippen LogP contribution in [0.1, 0.15) is 25.1 Å². The molecule has 5 heterocycles. The molecule has 3 aromatic rings. The summed E-state index contributed by atoms with van der Waals surface area (Å²) < 4.78 is 46.4. The molecule has 0 saturated carbocycles. The molecule has 1 amide bonds. The molecule has 0 radical (unpaired) electrons. The molecule has 3 aliphatic heterocycles. The van der Waals surface area contributed by atoms with Gasteiger partial charge in [0, 0.05) is 25.8 Å². The second-order valence-electron chi connectivity index (χ2n) is 9.04. The molecule has 190 valence electrons.